The number of aryl methyl sites for hydroxylation is 1. The summed E-state index contributed by atoms with van der Waals surface area (Å²) in [6, 6.07) is 12.3. The van der Waals surface area contributed by atoms with Crippen LogP contribution in [0.2, 0.25) is 10.0 Å². The van der Waals surface area contributed by atoms with Gasteiger partial charge in [-0.2, -0.15) is 13.2 Å². The molecule has 9 heteroatoms. The number of halogens is 5. The Balaban J connectivity index is 2.01. The summed E-state index contributed by atoms with van der Waals surface area (Å²) >= 11 is 11.9. The molecule has 2 aromatic heterocycles. The summed E-state index contributed by atoms with van der Waals surface area (Å²) in [6.07, 6.45) is -4.64. The van der Waals surface area contributed by atoms with E-state index in [-0.39, 0.29) is 22.5 Å². The van der Waals surface area contributed by atoms with Crippen LogP contribution < -0.4 is 5.73 Å². The van der Waals surface area contributed by atoms with E-state index < -0.39 is 11.7 Å². The van der Waals surface area contributed by atoms with E-state index in [1.807, 2.05) is 0 Å². The van der Waals surface area contributed by atoms with Crippen molar-refractivity contribution in [3.63, 3.8) is 0 Å². The van der Waals surface area contributed by atoms with Gasteiger partial charge in [-0.3, -0.25) is 0 Å². The van der Waals surface area contributed by atoms with E-state index in [0.717, 1.165) is 6.07 Å². The van der Waals surface area contributed by atoms with Gasteiger partial charge in [0.15, 0.2) is 5.65 Å². The van der Waals surface area contributed by atoms with Gasteiger partial charge in [-0.25, -0.2) is 9.67 Å². The summed E-state index contributed by atoms with van der Waals surface area (Å²) in [7, 11) is 0. The molecule has 2 N–H and O–H groups in total. The standard InChI is InChI=1S/C20H13Cl2F3N4/c1-10-8-13(22)6-7-16(10)29-18(26)17-14(20(23,24)25)9-15(27-19(17)28-29)11-2-4-12(21)5-3-11/h2-9H,26H2,1H3. The molecule has 2 aromatic carbocycles. The largest absolute Gasteiger partial charge is 0.417 e. The number of nitrogen functional groups attached to an aromatic ring is 1. The van der Waals surface area contributed by atoms with Crippen LogP contribution in [0, 0.1) is 6.92 Å². The van der Waals surface area contributed by atoms with E-state index in [1.165, 1.54) is 4.68 Å². The van der Waals surface area contributed by atoms with Gasteiger partial charge in [0.1, 0.15) is 5.82 Å². The van der Waals surface area contributed by atoms with Crippen LogP contribution in [-0.2, 0) is 6.18 Å². The highest BCUT2D eigenvalue weighted by Crippen LogP contribution is 2.40. The normalized spacial score (nSPS) is 11.9. The molecule has 0 saturated carbocycles. The van der Waals surface area contributed by atoms with Crippen molar-refractivity contribution in [2.45, 2.75) is 13.1 Å². The minimum Gasteiger partial charge on any atom is -0.383 e. The molecule has 0 saturated heterocycles. The number of fused-ring (bicyclic) bond motifs is 1. The highest BCUT2D eigenvalue weighted by atomic mass is 35.5. The molecular formula is C20H13Cl2F3N4. The summed E-state index contributed by atoms with van der Waals surface area (Å²) < 4.78 is 42.8. The van der Waals surface area contributed by atoms with E-state index in [9.17, 15) is 13.2 Å². The second-order valence-corrected chi connectivity index (χ2v) is 7.36. The van der Waals surface area contributed by atoms with Gasteiger partial charge in [0.05, 0.1) is 22.3 Å². The molecule has 29 heavy (non-hydrogen) atoms. The van der Waals surface area contributed by atoms with Gasteiger partial charge >= 0.3 is 6.18 Å². The second kappa shape index (κ2) is 6.93. The first-order chi connectivity index (χ1) is 13.6. The first-order valence-corrected chi connectivity index (χ1v) is 9.19. The lowest BCUT2D eigenvalue weighted by Gasteiger charge is -2.11. The lowest BCUT2D eigenvalue weighted by molar-refractivity contribution is -0.136. The molecule has 0 radical (unpaired) electrons. The van der Waals surface area contributed by atoms with Crippen LogP contribution in [0.3, 0.4) is 0 Å². The highest BCUT2D eigenvalue weighted by Gasteiger charge is 2.36. The number of anilines is 1. The zero-order valence-electron chi connectivity index (χ0n) is 14.9. The fourth-order valence-corrected chi connectivity index (χ4v) is 3.50. The van der Waals surface area contributed by atoms with Crippen molar-refractivity contribution < 1.29 is 13.2 Å². The van der Waals surface area contributed by atoms with E-state index in [2.05, 4.69) is 10.1 Å². The number of rotatable bonds is 2. The van der Waals surface area contributed by atoms with Gasteiger partial charge < -0.3 is 5.73 Å². The molecule has 0 spiro atoms. The van der Waals surface area contributed by atoms with Gasteiger partial charge in [-0.05, 0) is 48.9 Å². The Morgan fingerprint density at radius 1 is 0.966 bits per heavy atom. The van der Waals surface area contributed by atoms with Crippen LogP contribution in [0.5, 0.6) is 0 Å². The fraction of sp³-hybridized carbons (Fsp3) is 0.100. The number of nitrogens with two attached hydrogens (primary N) is 1. The SMILES string of the molecule is Cc1cc(Cl)ccc1-n1nc2nc(-c3ccc(Cl)cc3)cc(C(F)(F)F)c2c1N. The molecule has 0 amide bonds. The molecular weight excluding hydrogens is 424 g/mol. The Morgan fingerprint density at radius 3 is 2.24 bits per heavy atom. The van der Waals surface area contributed by atoms with Crippen LogP contribution in [0.4, 0.5) is 19.0 Å². The summed E-state index contributed by atoms with van der Waals surface area (Å²) in [5.74, 6) is -0.145. The van der Waals surface area contributed by atoms with Crippen molar-refractivity contribution in [2.24, 2.45) is 0 Å². The summed E-state index contributed by atoms with van der Waals surface area (Å²) in [4.78, 5) is 4.32. The fourth-order valence-electron chi connectivity index (χ4n) is 3.14. The lowest BCUT2D eigenvalue weighted by atomic mass is 10.1. The summed E-state index contributed by atoms with van der Waals surface area (Å²) in [6.45, 7) is 1.77. The molecule has 0 unspecified atom stereocenters. The molecule has 0 bridgehead atoms. The molecule has 0 aliphatic rings. The first kappa shape index (κ1) is 19.5. The number of pyridine rings is 1. The average molecular weight is 437 g/mol. The maximum absolute atomic E-state index is 13.8. The maximum atomic E-state index is 13.8. The molecule has 4 nitrogen and oxygen atoms in total. The van der Waals surface area contributed by atoms with Crippen LogP contribution in [0.25, 0.3) is 28.0 Å². The molecule has 0 fully saturated rings. The van der Waals surface area contributed by atoms with Crippen LogP contribution in [0.15, 0.2) is 48.5 Å². The number of hydrogen-bond donors (Lipinski definition) is 1. The molecule has 148 valence electrons. The Bertz CT molecular complexity index is 1230. The van der Waals surface area contributed by atoms with Crippen molar-refractivity contribution in [1.82, 2.24) is 14.8 Å². The van der Waals surface area contributed by atoms with Gasteiger partial charge in [0, 0.05) is 15.6 Å². The summed E-state index contributed by atoms with van der Waals surface area (Å²) in [5.41, 5.74) is 6.93. The third-order valence-corrected chi connectivity index (χ3v) is 5.00. The van der Waals surface area contributed by atoms with Crippen molar-refractivity contribution >= 4 is 40.1 Å². The maximum Gasteiger partial charge on any atom is 0.417 e. The molecule has 0 aliphatic carbocycles. The summed E-state index contributed by atoms with van der Waals surface area (Å²) in [5, 5.41) is 4.99. The molecule has 2 heterocycles. The second-order valence-electron chi connectivity index (χ2n) is 6.49. The van der Waals surface area contributed by atoms with Crippen molar-refractivity contribution in [2.75, 3.05) is 5.73 Å². The minimum atomic E-state index is -4.64. The molecule has 4 rings (SSSR count). The third-order valence-electron chi connectivity index (χ3n) is 4.51. The predicted molar refractivity (Wildman–Crippen MR) is 108 cm³/mol. The predicted octanol–water partition coefficient (Wildman–Crippen LogP) is 6.30. The van der Waals surface area contributed by atoms with Gasteiger partial charge in [-0.15, -0.1) is 5.10 Å². The Hall–Kier alpha value is -2.77. The highest BCUT2D eigenvalue weighted by molar-refractivity contribution is 6.31. The van der Waals surface area contributed by atoms with E-state index >= 15 is 0 Å². The smallest absolute Gasteiger partial charge is 0.383 e. The monoisotopic (exact) mass is 436 g/mol. The lowest BCUT2D eigenvalue weighted by Crippen LogP contribution is -2.08. The zero-order valence-corrected chi connectivity index (χ0v) is 16.4. The van der Waals surface area contributed by atoms with Crippen molar-refractivity contribution in [3.05, 3.63) is 69.7 Å². The van der Waals surface area contributed by atoms with Crippen LogP contribution >= 0.6 is 23.2 Å². The number of nitrogens with zero attached hydrogens (tertiary/aromatic N) is 3. The Morgan fingerprint density at radius 2 is 1.62 bits per heavy atom. The molecule has 4 aromatic rings. The van der Waals surface area contributed by atoms with Gasteiger partial charge in [-0.1, -0.05) is 35.3 Å². The van der Waals surface area contributed by atoms with Crippen LogP contribution in [-0.4, -0.2) is 14.8 Å². The number of hydrogen-bond acceptors (Lipinski definition) is 3. The molecule has 0 atom stereocenters. The van der Waals surface area contributed by atoms with E-state index in [0.29, 0.717) is 26.9 Å². The van der Waals surface area contributed by atoms with Gasteiger partial charge in [0.25, 0.3) is 0 Å². The number of alkyl halides is 3. The average Bonchev–Trinajstić information content (AvgIpc) is 2.97. The van der Waals surface area contributed by atoms with Crippen LogP contribution in [0.1, 0.15) is 11.1 Å². The molecule has 0 aliphatic heterocycles. The van der Waals surface area contributed by atoms with Crippen molar-refractivity contribution in [3.8, 4) is 16.9 Å². The minimum absolute atomic E-state index is 0.100. The van der Waals surface area contributed by atoms with Crippen molar-refractivity contribution in [1.29, 1.82) is 0 Å². The third kappa shape index (κ3) is 3.52. The Labute approximate surface area is 173 Å². The quantitative estimate of drug-likeness (QED) is 0.400. The first-order valence-electron chi connectivity index (χ1n) is 8.44. The zero-order chi connectivity index (χ0) is 20.9. The number of benzene rings is 2. The van der Waals surface area contributed by atoms with Gasteiger partial charge in [0.2, 0.25) is 0 Å². The van der Waals surface area contributed by atoms with E-state index in [4.69, 9.17) is 28.9 Å². The Kier molecular flexibility index (Phi) is 4.67. The number of aromatic nitrogens is 3. The van der Waals surface area contributed by atoms with E-state index in [1.54, 1.807) is 49.4 Å². The topological polar surface area (TPSA) is 56.7 Å².